The van der Waals surface area contributed by atoms with Gasteiger partial charge in [-0.1, -0.05) is 42.5 Å². The summed E-state index contributed by atoms with van der Waals surface area (Å²) in [7, 11) is 2.10. The molecule has 1 heterocycles. The number of benzene rings is 2. The molecule has 1 unspecified atom stereocenters. The molecule has 3 rings (SSSR count). The van der Waals surface area contributed by atoms with Crippen molar-refractivity contribution in [2.75, 3.05) is 26.7 Å². The second kappa shape index (κ2) is 5.73. The molecule has 0 aliphatic carbocycles. The molecule has 2 aromatic carbocycles. The van der Waals surface area contributed by atoms with Crippen LogP contribution in [0.1, 0.15) is 16.8 Å². The molecule has 1 saturated heterocycles. The molecule has 1 aliphatic rings. The zero-order valence-corrected chi connectivity index (χ0v) is 11.8. The summed E-state index contributed by atoms with van der Waals surface area (Å²) in [5.74, 6) is 0.238. The van der Waals surface area contributed by atoms with E-state index < -0.39 is 0 Å². The van der Waals surface area contributed by atoms with Gasteiger partial charge in [-0.2, -0.15) is 0 Å². The third-order valence-corrected chi connectivity index (χ3v) is 4.16. The van der Waals surface area contributed by atoms with E-state index in [-0.39, 0.29) is 5.78 Å². The van der Waals surface area contributed by atoms with Gasteiger partial charge in [0, 0.05) is 37.7 Å². The Labute approximate surface area is 119 Å². The van der Waals surface area contributed by atoms with Crippen molar-refractivity contribution in [2.45, 2.75) is 12.5 Å². The number of nitrogens with zero attached hydrogens (tertiary/aromatic N) is 1. The van der Waals surface area contributed by atoms with Crippen LogP contribution in [0.4, 0.5) is 0 Å². The first kappa shape index (κ1) is 13.3. The van der Waals surface area contributed by atoms with E-state index in [0.29, 0.717) is 12.5 Å². The van der Waals surface area contributed by atoms with Crippen LogP contribution < -0.4 is 5.32 Å². The minimum absolute atomic E-state index is 0.238. The second-order valence-corrected chi connectivity index (χ2v) is 5.49. The highest BCUT2D eigenvalue weighted by Gasteiger charge is 2.22. The average molecular weight is 268 g/mol. The predicted molar refractivity (Wildman–Crippen MR) is 82.2 cm³/mol. The number of ketones is 1. The summed E-state index contributed by atoms with van der Waals surface area (Å²) in [6, 6.07) is 14.4. The Kier molecular flexibility index (Phi) is 3.81. The van der Waals surface area contributed by atoms with Crippen LogP contribution in [0.2, 0.25) is 0 Å². The molecule has 0 radical (unpaired) electrons. The summed E-state index contributed by atoms with van der Waals surface area (Å²) in [5, 5.41) is 5.56. The Bertz CT molecular complexity index is 618. The molecule has 0 spiro atoms. The summed E-state index contributed by atoms with van der Waals surface area (Å²) >= 11 is 0. The summed E-state index contributed by atoms with van der Waals surface area (Å²) in [5.41, 5.74) is 0.849. The van der Waals surface area contributed by atoms with E-state index in [4.69, 9.17) is 0 Å². The monoisotopic (exact) mass is 268 g/mol. The van der Waals surface area contributed by atoms with Crippen LogP contribution in [0, 0.1) is 0 Å². The Morgan fingerprint density at radius 1 is 1.25 bits per heavy atom. The molecule has 1 N–H and O–H groups in total. The average Bonchev–Trinajstić information content (AvgIpc) is 2.49. The van der Waals surface area contributed by atoms with Crippen molar-refractivity contribution in [3.05, 3.63) is 48.0 Å². The standard InChI is InChI=1S/C17H20N2O/c1-19-10-9-18-12-14(19)11-17(20)16-8-4-6-13-5-2-3-7-15(13)16/h2-8,14,18H,9-12H2,1H3. The van der Waals surface area contributed by atoms with E-state index in [2.05, 4.69) is 29.4 Å². The maximum Gasteiger partial charge on any atom is 0.165 e. The van der Waals surface area contributed by atoms with E-state index >= 15 is 0 Å². The summed E-state index contributed by atoms with van der Waals surface area (Å²) in [6.45, 7) is 2.91. The number of hydrogen-bond acceptors (Lipinski definition) is 3. The van der Waals surface area contributed by atoms with Crippen molar-refractivity contribution in [1.29, 1.82) is 0 Å². The molecule has 3 heteroatoms. The molecule has 104 valence electrons. The van der Waals surface area contributed by atoms with Gasteiger partial charge in [-0.05, 0) is 17.8 Å². The zero-order chi connectivity index (χ0) is 13.9. The highest BCUT2D eigenvalue weighted by Crippen LogP contribution is 2.21. The van der Waals surface area contributed by atoms with Crippen molar-refractivity contribution in [1.82, 2.24) is 10.2 Å². The molecular formula is C17H20N2O. The van der Waals surface area contributed by atoms with Gasteiger partial charge in [-0.15, -0.1) is 0 Å². The molecule has 0 saturated carbocycles. The fourth-order valence-electron chi connectivity index (χ4n) is 2.88. The third-order valence-electron chi connectivity index (χ3n) is 4.16. The predicted octanol–water partition coefficient (Wildman–Crippen LogP) is 2.32. The topological polar surface area (TPSA) is 32.3 Å². The first-order chi connectivity index (χ1) is 9.75. The molecule has 1 fully saturated rings. The molecule has 3 nitrogen and oxygen atoms in total. The number of carbonyl (C=O) groups is 1. The van der Waals surface area contributed by atoms with Crippen LogP contribution in [-0.4, -0.2) is 43.4 Å². The quantitative estimate of drug-likeness (QED) is 0.867. The molecule has 0 aromatic heterocycles. The first-order valence-electron chi connectivity index (χ1n) is 7.17. The van der Waals surface area contributed by atoms with E-state index in [1.54, 1.807) is 0 Å². The van der Waals surface area contributed by atoms with E-state index in [9.17, 15) is 4.79 Å². The van der Waals surface area contributed by atoms with Gasteiger partial charge < -0.3 is 10.2 Å². The van der Waals surface area contributed by atoms with Gasteiger partial charge in [-0.3, -0.25) is 4.79 Å². The smallest absolute Gasteiger partial charge is 0.165 e. The Balaban J connectivity index is 1.85. The van der Waals surface area contributed by atoms with Crippen LogP contribution in [-0.2, 0) is 0 Å². The number of piperazine rings is 1. The fraction of sp³-hybridized carbons (Fsp3) is 0.353. The zero-order valence-electron chi connectivity index (χ0n) is 11.8. The van der Waals surface area contributed by atoms with E-state index in [1.807, 2.05) is 30.3 Å². The molecule has 0 bridgehead atoms. The normalized spacial score (nSPS) is 20.1. The second-order valence-electron chi connectivity index (χ2n) is 5.49. The number of nitrogens with one attached hydrogen (secondary N) is 1. The van der Waals surface area contributed by atoms with Gasteiger partial charge in [0.2, 0.25) is 0 Å². The number of Topliss-reactive ketones (excluding diaryl/α,β-unsaturated/α-hetero) is 1. The summed E-state index contributed by atoms with van der Waals surface area (Å²) in [4.78, 5) is 14.9. The Morgan fingerprint density at radius 3 is 2.90 bits per heavy atom. The van der Waals surface area contributed by atoms with Gasteiger partial charge in [-0.25, -0.2) is 0 Å². The van der Waals surface area contributed by atoms with E-state index in [0.717, 1.165) is 36.0 Å². The molecule has 1 aliphatic heterocycles. The first-order valence-corrected chi connectivity index (χ1v) is 7.17. The van der Waals surface area contributed by atoms with Crippen molar-refractivity contribution in [3.63, 3.8) is 0 Å². The van der Waals surface area contributed by atoms with Crippen LogP contribution >= 0.6 is 0 Å². The van der Waals surface area contributed by atoms with Gasteiger partial charge >= 0.3 is 0 Å². The molecule has 1 atom stereocenters. The van der Waals surface area contributed by atoms with Gasteiger partial charge in [0.05, 0.1) is 0 Å². The van der Waals surface area contributed by atoms with Crippen molar-refractivity contribution in [3.8, 4) is 0 Å². The lowest BCUT2D eigenvalue weighted by Gasteiger charge is -2.32. The van der Waals surface area contributed by atoms with Crippen LogP contribution in [0.15, 0.2) is 42.5 Å². The highest BCUT2D eigenvalue weighted by molar-refractivity contribution is 6.08. The lowest BCUT2D eigenvalue weighted by atomic mass is 9.96. The third kappa shape index (κ3) is 2.60. The van der Waals surface area contributed by atoms with Crippen molar-refractivity contribution < 1.29 is 4.79 Å². The molecule has 20 heavy (non-hydrogen) atoms. The van der Waals surface area contributed by atoms with Crippen LogP contribution in [0.5, 0.6) is 0 Å². The Morgan fingerprint density at radius 2 is 2.05 bits per heavy atom. The summed E-state index contributed by atoms with van der Waals surface area (Å²) in [6.07, 6.45) is 0.581. The summed E-state index contributed by atoms with van der Waals surface area (Å²) < 4.78 is 0. The molecular weight excluding hydrogens is 248 g/mol. The Hall–Kier alpha value is -1.71. The van der Waals surface area contributed by atoms with Crippen molar-refractivity contribution >= 4 is 16.6 Å². The number of likely N-dealkylation sites (N-methyl/N-ethyl adjacent to an activating group) is 1. The SMILES string of the molecule is CN1CCNCC1CC(=O)c1cccc2ccccc12. The lowest BCUT2D eigenvalue weighted by molar-refractivity contribution is 0.0919. The molecule has 0 amide bonds. The minimum atomic E-state index is 0.238. The maximum atomic E-state index is 12.6. The van der Waals surface area contributed by atoms with Crippen LogP contribution in [0.25, 0.3) is 10.8 Å². The number of fused-ring (bicyclic) bond motifs is 1. The van der Waals surface area contributed by atoms with E-state index in [1.165, 1.54) is 0 Å². The highest BCUT2D eigenvalue weighted by atomic mass is 16.1. The number of rotatable bonds is 3. The minimum Gasteiger partial charge on any atom is -0.314 e. The van der Waals surface area contributed by atoms with Gasteiger partial charge in [0.25, 0.3) is 0 Å². The number of hydrogen-bond donors (Lipinski definition) is 1. The van der Waals surface area contributed by atoms with Gasteiger partial charge in [0.1, 0.15) is 0 Å². The van der Waals surface area contributed by atoms with Crippen LogP contribution in [0.3, 0.4) is 0 Å². The number of carbonyl (C=O) groups excluding carboxylic acids is 1. The van der Waals surface area contributed by atoms with Gasteiger partial charge in [0.15, 0.2) is 5.78 Å². The maximum absolute atomic E-state index is 12.6. The lowest BCUT2D eigenvalue weighted by Crippen LogP contribution is -2.49. The molecule has 2 aromatic rings. The fourth-order valence-corrected chi connectivity index (χ4v) is 2.88. The largest absolute Gasteiger partial charge is 0.314 e. The van der Waals surface area contributed by atoms with Crippen molar-refractivity contribution in [2.24, 2.45) is 0 Å².